The average Bonchev–Trinajstić information content (AvgIpc) is 2.38. The molecule has 4 heteroatoms. The Hall–Kier alpha value is -2.10. The predicted molar refractivity (Wildman–Crippen MR) is 77.8 cm³/mol. The fraction of sp³-hybridized carbons (Fsp3) is 0.375. The topological polar surface area (TPSA) is 55.4 Å². The number of benzene rings is 1. The minimum atomic E-state index is -0.597. The van der Waals surface area contributed by atoms with E-state index >= 15 is 0 Å². The normalized spacial score (nSPS) is 11.8. The highest BCUT2D eigenvalue weighted by molar-refractivity contribution is 5.93. The van der Waals surface area contributed by atoms with Gasteiger partial charge in [-0.3, -0.25) is 4.79 Å². The van der Waals surface area contributed by atoms with Crippen molar-refractivity contribution in [3.63, 3.8) is 0 Å². The molecule has 0 saturated heterocycles. The van der Waals surface area contributed by atoms with Crippen LogP contribution in [0.15, 0.2) is 42.6 Å². The number of ether oxygens (including phenoxy) is 1. The van der Waals surface area contributed by atoms with Gasteiger partial charge in [-0.1, -0.05) is 43.8 Å². The van der Waals surface area contributed by atoms with Crippen LogP contribution in [-0.4, -0.2) is 18.0 Å². The van der Waals surface area contributed by atoms with Gasteiger partial charge in [0.05, 0.1) is 6.10 Å². The lowest BCUT2D eigenvalue weighted by Gasteiger charge is -2.14. The van der Waals surface area contributed by atoms with Crippen LogP contribution in [0.25, 0.3) is 0 Å². The van der Waals surface area contributed by atoms with Crippen molar-refractivity contribution in [2.45, 2.75) is 33.3 Å². The SMILES string of the molecule is C=C(NC(=O)[C@H](C)Cc1ccccc1)C(=O)OC(C)C. The van der Waals surface area contributed by atoms with Crippen molar-refractivity contribution in [3.05, 3.63) is 48.2 Å². The monoisotopic (exact) mass is 275 g/mol. The number of nitrogens with one attached hydrogen (secondary N) is 1. The number of rotatable bonds is 6. The van der Waals surface area contributed by atoms with E-state index in [0.29, 0.717) is 6.42 Å². The number of hydrogen-bond acceptors (Lipinski definition) is 3. The van der Waals surface area contributed by atoms with Crippen LogP contribution in [0.5, 0.6) is 0 Å². The summed E-state index contributed by atoms with van der Waals surface area (Å²) in [6, 6.07) is 9.72. The summed E-state index contributed by atoms with van der Waals surface area (Å²) in [5, 5.41) is 2.50. The molecule has 0 fully saturated rings. The number of carbonyl (C=O) groups is 2. The predicted octanol–water partition coefficient (Wildman–Crippen LogP) is 2.45. The molecule has 0 heterocycles. The van der Waals surface area contributed by atoms with E-state index in [9.17, 15) is 9.59 Å². The molecule has 1 atom stereocenters. The fourth-order valence-corrected chi connectivity index (χ4v) is 1.67. The second-order valence-electron chi connectivity index (χ2n) is 5.01. The molecule has 4 nitrogen and oxygen atoms in total. The Kier molecular flexibility index (Phi) is 5.97. The van der Waals surface area contributed by atoms with E-state index < -0.39 is 5.97 Å². The van der Waals surface area contributed by atoms with Crippen LogP contribution in [0.4, 0.5) is 0 Å². The molecule has 0 aliphatic rings. The van der Waals surface area contributed by atoms with E-state index in [1.807, 2.05) is 37.3 Å². The van der Waals surface area contributed by atoms with Gasteiger partial charge in [0.2, 0.25) is 5.91 Å². The molecule has 1 amide bonds. The van der Waals surface area contributed by atoms with Crippen molar-refractivity contribution in [2.75, 3.05) is 0 Å². The summed E-state index contributed by atoms with van der Waals surface area (Å²) < 4.78 is 4.96. The van der Waals surface area contributed by atoms with E-state index in [-0.39, 0.29) is 23.6 Å². The zero-order valence-electron chi connectivity index (χ0n) is 12.2. The van der Waals surface area contributed by atoms with Crippen molar-refractivity contribution >= 4 is 11.9 Å². The fourth-order valence-electron chi connectivity index (χ4n) is 1.67. The van der Waals surface area contributed by atoms with Crippen LogP contribution in [0.2, 0.25) is 0 Å². The summed E-state index contributed by atoms with van der Waals surface area (Å²) >= 11 is 0. The van der Waals surface area contributed by atoms with Gasteiger partial charge >= 0.3 is 5.97 Å². The van der Waals surface area contributed by atoms with Gasteiger partial charge in [-0.2, -0.15) is 0 Å². The Bertz CT molecular complexity index is 480. The first-order valence-corrected chi connectivity index (χ1v) is 6.64. The van der Waals surface area contributed by atoms with Crippen LogP contribution in [-0.2, 0) is 20.7 Å². The molecule has 1 aromatic rings. The molecule has 0 aliphatic heterocycles. The Labute approximate surface area is 119 Å². The molecule has 1 rings (SSSR count). The standard InChI is InChI=1S/C16H21NO3/c1-11(2)20-16(19)13(4)17-15(18)12(3)10-14-8-6-5-7-9-14/h5-9,11-12H,4,10H2,1-3H3,(H,17,18)/t12-/m1/s1. The van der Waals surface area contributed by atoms with Gasteiger partial charge in [-0.25, -0.2) is 4.79 Å². The number of esters is 1. The maximum atomic E-state index is 12.0. The second kappa shape index (κ2) is 7.48. The van der Waals surface area contributed by atoms with Gasteiger partial charge in [-0.15, -0.1) is 0 Å². The molecular weight excluding hydrogens is 254 g/mol. The zero-order valence-corrected chi connectivity index (χ0v) is 12.2. The molecule has 0 aromatic heterocycles. The molecule has 1 N–H and O–H groups in total. The Morgan fingerprint density at radius 3 is 2.35 bits per heavy atom. The van der Waals surface area contributed by atoms with Gasteiger partial charge in [0, 0.05) is 5.92 Å². The molecule has 20 heavy (non-hydrogen) atoms. The van der Waals surface area contributed by atoms with Crippen molar-refractivity contribution in [3.8, 4) is 0 Å². The van der Waals surface area contributed by atoms with E-state index in [4.69, 9.17) is 4.74 Å². The first-order chi connectivity index (χ1) is 9.40. The summed E-state index contributed by atoms with van der Waals surface area (Å²) in [4.78, 5) is 23.5. The van der Waals surface area contributed by atoms with Crippen LogP contribution in [0.1, 0.15) is 26.3 Å². The molecule has 0 saturated carbocycles. The number of amides is 1. The minimum absolute atomic E-state index is 0.0244. The number of hydrogen-bond donors (Lipinski definition) is 1. The van der Waals surface area contributed by atoms with E-state index in [1.54, 1.807) is 13.8 Å². The Morgan fingerprint density at radius 2 is 1.80 bits per heavy atom. The quantitative estimate of drug-likeness (QED) is 0.641. The molecule has 0 radical (unpaired) electrons. The van der Waals surface area contributed by atoms with Gasteiger partial charge in [0.15, 0.2) is 0 Å². The lowest BCUT2D eigenvalue weighted by atomic mass is 10.0. The third kappa shape index (κ3) is 5.26. The third-order valence-electron chi connectivity index (χ3n) is 2.70. The highest BCUT2D eigenvalue weighted by Crippen LogP contribution is 2.09. The van der Waals surface area contributed by atoms with Gasteiger partial charge < -0.3 is 10.1 Å². The average molecular weight is 275 g/mol. The van der Waals surface area contributed by atoms with Crippen LogP contribution in [0.3, 0.4) is 0 Å². The third-order valence-corrected chi connectivity index (χ3v) is 2.70. The lowest BCUT2D eigenvalue weighted by Crippen LogP contribution is -2.33. The van der Waals surface area contributed by atoms with E-state index in [1.165, 1.54) is 0 Å². The zero-order chi connectivity index (χ0) is 15.1. The number of carbonyl (C=O) groups excluding carboxylic acids is 2. The van der Waals surface area contributed by atoms with Gasteiger partial charge in [-0.05, 0) is 25.8 Å². The molecular formula is C16H21NO3. The van der Waals surface area contributed by atoms with Crippen molar-refractivity contribution < 1.29 is 14.3 Å². The summed E-state index contributed by atoms with van der Waals surface area (Å²) in [7, 11) is 0. The summed E-state index contributed by atoms with van der Waals surface area (Å²) in [5.74, 6) is -1.08. The summed E-state index contributed by atoms with van der Waals surface area (Å²) in [5.41, 5.74) is 1.05. The molecule has 1 aromatic carbocycles. The maximum Gasteiger partial charge on any atom is 0.354 e. The molecule has 0 unspecified atom stereocenters. The van der Waals surface area contributed by atoms with Crippen molar-refractivity contribution in [1.82, 2.24) is 5.32 Å². The van der Waals surface area contributed by atoms with E-state index in [0.717, 1.165) is 5.56 Å². The second-order valence-corrected chi connectivity index (χ2v) is 5.01. The Morgan fingerprint density at radius 1 is 1.20 bits per heavy atom. The molecule has 0 bridgehead atoms. The first-order valence-electron chi connectivity index (χ1n) is 6.64. The molecule has 0 spiro atoms. The minimum Gasteiger partial charge on any atom is -0.458 e. The first kappa shape index (κ1) is 16.0. The van der Waals surface area contributed by atoms with Crippen LogP contribution >= 0.6 is 0 Å². The largest absolute Gasteiger partial charge is 0.458 e. The highest BCUT2D eigenvalue weighted by atomic mass is 16.5. The maximum absolute atomic E-state index is 12.0. The molecule has 0 aliphatic carbocycles. The summed E-state index contributed by atoms with van der Waals surface area (Å²) in [6.07, 6.45) is 0.372. The van der Waals surface area contributed by atoms with Gasteiger partial charge in [0.25, 0.3) is 0 Å². The molecule has 108 valence electrons. The highest BCUT2D eigenvalue weighted by Gasteiger charge is 2.18. The smallest absolute Gasteiger partial charge is 0.354 e. The van der Waals surface area contributed by atoms with Crippen LogP contribution in [0, 0.1) is 5.92 Å². The summed E-state index contributed by atoms with van der Waals surface area (Å²) in [6.45, 7) is 8.82. The van der Waals surface area contributed by atoms with Crippen molar-refractivity contribution in [1.29, 1.82) is 0 Å². The Balaban J connectivity index is 2.49. The van der Waals surface area contributed by atoms with E-state index in [2.05, 4.69) is 11.9 Å². The van der Waals surface area contributed by atoms with Gasteiger partial charge in [0.1, 0.15) is 5.70 Å². The van der Waals surface area contributed by atoms with Crippen molar-refractivity contribution in [2.24, 2.45) is 5.92 Å². The lowest BCUT2D eigenvalue weighted by molar-refractivity contribution is -0.144. The van der Waals surface area contributed by atoms with Crippen LogP contribution < -0.4 is 5.32 Å².